The fraction of sp³-hybridized carbons (Fsp3) is 0.524. The first-order valence-corrected chi connectivity index (χ1v) is 46.4. The van der Waals surface area contributed by atoms with Crippen molar-refractivity contribution >= 4 is 97.9 Å². The minimum absolute atomic E-state index is 0.0811. The Balaban J connectivity index is 1.19. The number of halogens is 2. The summed E-state index contributed by atoms with van der Waals surface area (Å²) in [6.45, 7) is 6.16. The number of amides is 8. The van der Waals surface area contributed by atoms with Crippen LogP contribution in [0.5, 0.6) is 46.0 Å². The lowest BCUT2D eigenvalue weighted by Crippen LogP contribution is -2.67. The fourth-order valence-corrected chi connectivity index (χ4v) is 19.1. The average Bonchev–Trinajstić information content (AvgIpc) is 0.766. The van der Waals surface area contributed by atoms with Gasteiger partial charge >= 0.3 is 21.2 Å². The zero-order chi connectivity index (χ0) is 96.2. The first-order chi connectivity index (χ1) is 61.8. The zero-order valence-electron chi connectivity index (χ0n) is 72.0. The molecule has 7 aliphatic heterocycles. The summed E-state index contributed by atoms with van der Waals surface area (Å²) in [5.41, 5.74) is -0.252. The Kier molecular flexibility index (Phi) is 35.3. The lowest BCUT2D eigenvalue weighted by atomic mass is 9.82. The Bertz CT molecular complexity index is 5110. The van der Waals surface area contributed by atoms with Gasteiger partial charge in [-0.3, -0.25) is 47.5 Å². The van der Waals surface area contributed by atoms with Gasteiger partial charge in [-0.25, -0.2) is 4.79 Å². The molecule has 0 aromatic heterocycles. The quantitative estimate of drug-likeness (QED) is 0.0159. The largest absolute Gasteiger partial charge is 0.507 e. The van der Waals surface area contributed by atoms with E-state index in [1.54, 1.807) is 13.8 Å². The van der Waals surface area contributed by atoms with Crippen molar-refractivity contribution in [2.45, 2.75) is 233 Å². The van der Waals surface area contributed by atoms with Crippen LogP contribution in [0.4, 0.5) is 0 Å². The number of unbranched alkanes of at least 4 members (excludes halogenated alkanes) is 7. The van der Waals surface area contributed by atoms with Crippen LogP contribution in [-0.2, 0) is 77.8 Å². The number of aromatic hydroxyl groups is 3. The van der Waals surface area contributed by atoms with Gasteiger partial charge in [0.15, 0.2) is 35.3 Å². The molecule has 2 fully saturated rings. The molecule has 8 amide bonds. The predicted molar refractivity (Wildman–Crippen MR) is 463 cm³/mol. The summed E-state index contributed by atoms with van der Waals surface area (Å²) in [4.78, 5) is 188. The Morgan fingerprint density at radius 3 is 1.88 bits per heavy atom. The molecule has 12 rings (SSSR count). The number of likely N-dealkylation sites (N-methyl/N-ethyl adjacent to an activating group) is 1. The third kappa shape index (κ3) is 24.8. The van der Waals surface area contributed by atoms with E-state index >= 15 is 24.0 Å². The monoisotopic (exact) mass is 1920 g/mol. The molecule has 7 heterocycles. The number of aldehydes is 1. The van der Waals surface area contributed by atoms with E-state index in [0.29, 0.717) is 19.3 Å². The number of carbonyl (C=O) groups excluding carboxylic acids is 9. The highest BCUT2D eigenvalue weighted by Crippen LogP contribution is 2.62. The summed E-state index contributed by atoms with van der Waals surface area (Å²) in [5, 5.41) is 139. The molecule has 7 aliphatic rings. The highest BCUT2D eigenvalue weighted by molar-refractivity contribution is 7.70. The van der Waals surface area contributed by atoms with Crippen molar-refractivity contribution in [2.75, 3.05) is 39.8 Å². The van der Waals surface area contributed by atoms with E-state index in [0.717, 1.165) is 123 Å². The number of hydrogen-bond donors (Lipinski definition) is 24. The second-order valence-corrected chi connectivity index (χ2v) is 38.1. The van der Waals surface area contributed by atoms with Gasteiger partial charge in [-0.05, 0) is 123 Å². The molecule has 0 aliphatic carbocycles. The Morgan fingerprint density at radius 1 is 0.702 bits per heavy atom. The standard InChI is InChI=1S/C84H111Cl2N11O32P2/c1-7-8-9-10-11-12-13-14-21-89-22-24-97(59(103)34-61(130(118,119)120)131(121,122)123)84(5)35-60(124-39(4)75(84)109)128-74-72(108)71(107)57(37-99)127-83(74)129-73-55-30-43-31-56(73)126-54-20-17-42(29-48(54)86)69(105)67-81(115)94-65(82(116)117)45-32-52(101)46(36-90-23-25-98)70(106)62(45)44-27-40(15-18-51(44)100)63(78(112)96-67)93-79(113)64(43)92-77(111)50(33-58(87)102)91-80(114)66(95-76(110)49(88-6)26-38(2)3)68(104)41-16-19-53(125-55)47(85)28-41/h15-20,25,27-32,38-39,49-50,57,60-61,63-69,71-72,74-75,83,88-90,99-101,104-109H,7-14,21-24,26,33-37H2,1-6H3,(H2,87,102)(H,91,114)(H,92,111)(H,93,113)(H,94,115)(H,95,110)(H,96,112)(H,116,117)(H2,118,119,120)(H2,121,122,123). The number of aliphatic hydroxyl groups excluding tert-OH is 6. The molecule has 0 radical (unpaired) electrons. The van der Waals surface area contributed by atoms with Crippen LogP contribution in [0.1, 0.15) is 175 Å². The molecule has 18 unspecified atom stereocenters. The number of fused-ring (bicyclic) bond motifs is 15. The fourth-order valence-electron chi connectivity index (χ4n) is 16.3. The van der Waals surface area contributed by atoms with E-state index in [1.165, 1.54) is 20.9 Å². The number of nitrogens with zero attached hydrogens (tertiary/aromatic N) is 1. The molecular formula is C84H111Cl2N11O32P2. The second-order valence-electron chi connectivity index (χ2n) is 33.3. The van der Waals surface area contributed by atoms with E-state index in [-0.39, 0.29) is 36.6 Å². The minimum atomic E-state index is -5.80. The molecule has 43 nitrogen and oxygen atoms in total. The van der Waals surface area contributed by atoms with E-state index in [9.17, 15) is 104 Å². The molecular weight excluding hydrogens is 1810 g/mol. The van der Waals surface area contributed by atoms with Crippen molar-refractivity contribution in [1.82, 2.24) is 52.8 Å². The van der Waals surface area contributed by atoms with Gasteiger partial charge in [0.05, 0.1) is 59.3 Å². The summed E-state index contributed by atoms with van der Waals surface area (Å²) in [6.07, 6.45) is -15.6. The maximum absolute atomic E-state index is 16.4. The number of primary amides is 1. The van der Waals surface area contributed by atoms with E-state index in [1.807, 2.05) is 0 Å². The molecule has 131 heavy (non-hydrogen) atoms. The predicted octanol–water partition coefficient (Wildman–Crippen LogP) is 2.07. The number of phenolic OH excluding ortho intramolecular Hbond substituents is 3. The molecule has 2 saturated heterocycles. The number of phenols is 3. The van der Waals surface area contributed by atoms with Crippen molar-refractivity contribution in [2.24, 2.45) is 11.7 Å². The van der Waals surface area contributed by atoms with Crippen LogP contribution < -0.4 is 67.8 Å². The van der Waals surface area contributed by atoms with Crippen LogP contribution in [0, 0.1) is 5.92 Å². The first kappa shape index (κ1) is 103. The molecule has 0 spiro atoms. The molecule has 0 saturated carbocycles. The first-order valence-electron chi connectivity index (χ1n) is 42.3. The lowest BCUT2D eigenvalue weighted by molar-refractivity contribution is -0.337. The Labute approximate surface area is 760 Å². The molecule has 5 aromatic rings. The second kappa shape index (κ2) is 44.8. The van der Waals surface area contributed by atoms with E-state index in [4.69, 9.17) is 57.4 Å². The number of nitrogens with one attached hydrogen (secondary N) is 9. The van der Waals surface area contributed by atoms with E-state index in [2.05, 4.69) is 54.8 Å². The Hall–Kier alpha value is -9.80. The molecule has 18 atom stereocenters. The summed E-state index contributed by atoms with van der Waals surface area (Å²) in [7, 11) is -10.2. The average molecular weight is 1920 g/mol. The number of aliphatic hydroxyl groups is 6. The van der Waals surface area contributed by atoms with Crippen molar-refractivity contribution in [3.8, 4) is 57.1 Å². The third-order valence-corrected chi connectivity index (χ3v) is 27.6. The van der Waals surface area contributed by atoms with Crippen LogP contribution >= 0.6 is 38.4 Å². The SMILES string of the molecule is CCCCCCCCCCNCCN(C(=O)CC(P(=O)(O)O)P(=O)(O)O)C1(C)CC(OC2C(Oc3c4cc5cc3Oc3ccc(cc3Cl)C(O)C3NC(=O)C(NC(=O)C5NC(=O)C(CC(N)=O)NC(=O)C(NC(=O)C(CC(C)C)NC)C(O)c5ccc(c(Cl)c5)O4)c4ccc(O)c(c4)-c4c(cc(O)c(CNCC=O)c4O)C(C(=O)O)NC3=O)OC(CO)C(O)C2O)OC(C)C1O. The van der Waals surface area contributed by atoms with Gasteiger partial charge < -0.3 is 162 Å². The number of rotatable bonds is 34. The van der Waals surface area contributed by atoms with Crippen molar-refractivity contribution in [3.05, 3.63) is 116 Å². The normalized spacial score (nSPS) is 25.7. The van der Waals surface area contributed by atoms with Crippen LogP contribution in [0.15, 0.2) is 72.8 Å². The summed E-state index contributed by atoms with van der Waals surface area (Å²) in [6, 6.07) is -3.10. The van der Waals surface area contributed by atoms with Gasteiger partial charge in [0.1, 0.15) is 102 Å². The van der Waals surface area contributed by atoms with Gasteiger partial charge in [0.2, 0.25) is 59.3 Å². The minimum Gasteiger partial charge on any atom is -0.507 e. The van der Waals surface area contributed by atoms with Gasteiger partial charge in [-0.2, -0.15) is 0 Å². The summed E-state index contributed by atoms with van der Waals surface area (Å²) < 4.78 is 65.0. The van der Waals surface area contributed by atoms with Crippen molar-refractivity contribution < 1.29 is 156 Å². The van der Waals surface area contributed by atoms with Crippen molar-refractivity contribution in [1.29, 1.82) is 0 Å². The molecule has 718 valence electrons. The smallest absolute Gasteiger partial charge is 0.341 e. The van der Waals surface area contributed by atoms with Crippen LogP contribution in [0.2, 0.25) is 10.0 Å². The summed E-state index contributed by atoms with van der Waals surface area (Å²) >= 11 is 14.3. The highest BCUT2D eigenvalue weighted by Gasteiger charge is 2.56. The maximum Gasteiger partial charge on any atom is 0.341 e. The maximum atomic E-state index is 16.4. The van der Waals surface area contributed by atoms with Crippen molar-refractivity contribution in [3.63, 3.8) is 0 Å². The topological polar surface area (TPSA) is 681 Å². The number of benzene rings is 5. The van der Waals surface area contributed by atoms with Gasteiger partial charge in [0, 0.05) is 42.7 Å². The van der Waals surface area contributed by atoms with Gasteiger partial charge in [0.25, 0.3) is 0 Å². The number of carbonyl (C=O) groups is 10. The van der Waals surface area contributed by atoms with Crippen LogP contribution in [-0.4, -0.2) is 259 Å². The molecule has 11 bridgehead atoms. The third-order valence-electron chi connectivity index (χ3n) is 23.3. The number of nitrogens with two attached hydrogens (primary N) is 1. The number of carboxylic acid groups (broad SMARTS) is 1. The molecule has 5 aromatic carbocycles. The zero-order valence-corrected chi connectivity index (χ0v) is 75.3. The summed E-state index contributed by atoms with van der Waals surface area (Å²) in [5.74, 6) is -19.0. The highest BCUT2D eigenvalue weighted by atomic mass is 35.5. The van der Waals surface area contributed by atoms with Crippen LogP contribution in [0.3, 0.4) is 0 Å². The number of ether oxygens (including phenoxy) is 6. The molecule has 47 heteroatoms. The molecule has 25 N–H and O–H groups in total. The van der Waals surface area contributed by atoms with Gasteiger partial charge in [-0.1, -0.05) is 107 Å². The number of aliphatic carboxylic acids is 1. The van der Waals surface area contributed by atoms with Crippen LogP contribution in [0.25, 0.3) is 11.1 Å². The van der Waals surface area contributed by atoms with Gasteiger partial charge in [-0.15, -0.1) is 0 Å². The lowest BCUT2D eigenvalue weighted by Gasteiger charge is -2.52. The Morgan fingerprint density at radius 2 is 1.30 bits per heavy atom. The number of carboxylic acids is 1. The number of hydrogen-bond acceptors (Lipinski definition) is 30. The van der Waals surface area contributed by atoms with E-state index < -0.39 is 311 Å².